The van der Waals surface area contributed by atoms with Crippen molar-refractivity contribution in [1.29, 1.82) is 0 Å². The van der Waals surface area contributed by atoms with Crippen molar-refractivity contribution in [2.45, 2.75) is 65.5 Å². The number of fused-ring (bicyclic) bond motifs is 1. The first-order valence-corrected chi connectivity index (χ1v) is 11.4. The second kappa shape index (κ2) is 7.22. The van der Waals surface area contributed by atoms with E-state index in [0.717, 1.165) is 51.9 Å². The lowest BCUT2D eigenvalue weighted by Gasteiger charge is -2.47. The van der Waals surface area contributed by atoms with Gasteiger partial charge in [0.15, 0.2) is 11.9 Å². The molecule has 164 valence electrons. The molecule has 3 aliphatic rings. The number of azo groups is 1. The largest absolute Gasteiger partial charge is 0.362 e. The number of Topliss-reactive ketones (excluding diaryl/α,β-unsaturated/α-hetero) is 1. The summed E-state index contributed by atoms with van der Waals surface area (Å²) < 4.78 is 0. The summed E-state index contributed by atoms with van der Waals surface area (Å²) in [6.07, 6.45) is 7.67. The molecule has 0 saturated heterocycles. The van der Waals surface area contributed by atoms with Crippen molar-refractivity contribution in [3.8, 4) is 11.1 Å². The number of carbonyl (C=O) groups excluding carboxylic acids is 1. The highest BCUT2D eigenvalue weighted by molar-refractivity contribution is 6.01. The van der Waals surface area contributed by atoms with Gasteiger partial charge >= 0.3 is 0 Å². The molecule has 5 heteroatoms. The number of hydrogen-bond acceptors (Lipinski definition) is 5. The number of rotatable bonds is 3. The molecular formula is C27H30N4O. The number of hydrogen-bond donors (Lipinski definition) is 1. The van der Waals surface area contributed by atoms with Crippen LogP contribution >= 0.6 is 0 Å². The SMILES string of the molecule is CC[C@@]1(c2cccc(-c3c(C)cncc3C)c2)C2=CN=NC2NC2=C1C(=O)CC(C)(C)C2. The minimum absolute atomic E-state index is 0.0630. The Morgan fingerprint density at radius 3 is 2.59 bits per heavy atom. The number of benzene rings is 1. The summed E-state index contributed by atoms with van der Waals surface area (Å²) in [5.41, 5.74) is 8.24. The molecule has 5 rings (SSSR count). The molecule has 3 heterocycles. The van der Waals surface area contributed by atoms with Gasteiger partial charge in [0, 0.05) is 35.7 Å². The zero-order valence-corrected chi connectivity index (χ0v) is 19.5. The van der Waals surface area contributed by atoms with Gasteiger partial charge in [-0.3, -0.25) is 9.78 Å². The van der Waals surface area contributed by atoms with Crippen LogP contribution in [0, 0.1) is 19.3 Å². The van der Waals surface area contributed by atoms with Crippen LogP contribution in [-0.4, -0.2) is 16.9 Å². The molecular weight excluding hydrogens is 396 g/mol. The zero-order valence-electron chi connectivity index (χ0n) is 19.5. The first-order valence-electron chi connectivity index (χ1n) is 11.4. The third-order valence-electron chi connectivity index (χ3n) is 7.28. The van der Waals surface area contributed by atoms with E-state index in [1.54, 1.807) is 0 Å². The normalized spacial score (nSPS) is 25.8. The minimum atomic E-state index is -0.521. The molecule has 0 radical (unpaired) electrons. The fraction of sp³-hybridized carbons (Fsp3) is 0.407. The third-order valence-corrected chi connectivity index (χ3v) is 7.28. The predicted octanol–water partition coefficient (Wildman–Crippen LogP) is 5.94. The van der Waals surface area contributed by atoms with Crippen LogP contribution in [0.15, 0.2) is 69.9 Å². The number of pyridine rings is 1. The van der Waals surface area contributed by atoms with E-state index in [1.165, 1.54) is 5.56 Å². The van der Waals surface area contributed by atoms with E-state index in [-0.39, 0.29) is 17.4 Å². The maximum atomic E-state index is 13.6. The Morgan fingerprint density at radius 1 is 1.12 bits per heavy atom. The fourth-order valence-electron chi connectivity index (χ4n) is 5.99. The summed E-state index contributed by atoms with van der Waals surface area (Å²) in [5.74, 6) is 0.235. The molecule has 0 bridgehead atoms. The van der Waals surface area contributed by atoms with Crippen LogP contribution in [0.5, 0.6) is 0 Å². The first-order chi connectivity index (χ1) is 15.3. The highest BCUT2D eigenvalue weighted by Crippen LogP contribution is 2.54. The Bertz CT molecular complexity index is 1200. The summed E-state index contributed by atoms with van der Waals surface area (Å²) in [7, 11) is 0. The van der Waals surface area contributed by atoms with E-state index in [0.29, 0.717) is 6.42 Å². The molecule has 1 unspecified atom stereocenters. The van der Waals surface area contributed by atoms with Crippen LogP contribution in [-0.2, 0) is 10.2 Å². The predicted molar refractivity (Wildman–Crippen MR) is 126 cm³/mol. The van der Waals surface area contributed by atoms with Gasteiger partial charge in [0.05, 0.1) is 11.6 Å². The van der Waals surface area contributed by atoms with E-state index in [1.807, 2.05) is 18.6 Å². The number of aryl methyl sites for hydroxylation is 2. The van der Waals surface area contributed by atoms with Gasteiger partial charge in [-0.05, 0) is 66.0 Å². The lowest BCUT2D eigenvalue weighted by Crippen LogP contribution is -2.51. The van der Waals surface area contributed by atoms with Gasteiger partial charge in [-0.2, -0.15) is 10.2 Å². The van der Waals surface area contributed by atoms with E-state index >= 15 is 0 Å². The van der Waals surface area contributed by atoms with Crippen molar-refractivity contribution in [2.24, 2.45) is 15.6 Å². The monoisotopic (exact) mass is 426 g/mol. The van der Waals surface area contributed by atoms with Gasteiger partial charge in [0.25, 0.3) is 0 Å². The number of carbonyl (C=O) groups is 1. The van der Waals surface area contributed by atoms with E-state index in [2.05, 4.69) is 79.4 Å². The lowest BCUT2D eigenvalue weighted by atomic mass is 9.58. The molecule has 0 fully saturated rings. The molecule has 5 nitrogen and oxygen atoms in total. The molecule has 2 aliphatic heterocycles. The lowest BCUT2D eigenvalue weighted by molar-refractivity contribution is -0.119. The van der Waals surface area contributed by atoms with E-state index < -0.39 is 5.41 Å². The topological polar surface area (TPSA) is 66.7 Å². The Morgan fingerprint density at radius 2 is 1.88 bits per heavy atom. The van der Waals surface area contributed by atoms with Crippen molar-refractivity contribution in [3.05, 3.63) is 76.4 Å². The van der Waals surface area contributed by atoms with Crippen LogP contribution in [0.4, 0.5) is 0 Å². The smallest absolute Gasteiger partial charge is 0.164 e. The van der Waals surface area contributed by atoms with Crippen molar-refractivity contribution >= 4 is 5.78 Å². The van der Waals surface area contributed by atoms with Gasteiger partial charge in [-0.1, -0.05) is 39.0 Å². The molecule has 0 amide bonds. The van der Waals surface area contributed by atoms with Crippen molar-refractivity contribution in [1.82, 2.24) is 10.3 Å². The maximum absolute atomic E-state index is 13.6. The standard InChI is InChI=1S/C27H30N4O/c1-6-27(19-9-7-8-18(10-19)23-16(2)13-28-14-17(23)3)20-15-29-31-25(20)30-21-11-26(4,5)12-22(32)24(21)27/h7-10,13-15,25,30H,6,11-12H2,1-5H3/t25?,27-/m1/s1. The van der Waals surface area contributed by atoms with Crippen molar-refractivity contribution in [3.63, 3.8) is 0 Å². The number of nitrogens with zero attached hydrogens (tertiary/aromatic N) is 3. The van der Waals surface area contributed by atoms with Crippen molar-refractivity contribution < 1.29 is 4.79 Å². The second-order valence-corrected chi connectivity index (χ2v) is 10.1. The van der Waals surface area contributed by atoms with E-state index in [9.17, 15) is 4.79 Å². The summed E-state index contributed by atoms with van der Waals surface area (Å²) >= 11 is 0. The molecule has 0 saturated carbocycles. The van der Waals surface area contributed by atoms with Gasteiger partial charge in [0.2, 0.25) is 0 Å². The Balaban J connectivity index is 1.76. The summed E-state index contributed by atoms with van der Waals surface area (Å²) in [6, 6.07) is 8.69. The molecule has 1 aliphatic carbocycles. The average Bonchev–Trinajstić information content (AvgIpc) is 3.20. The van der Waals surface area contributed by atoms with Crippen LogP contribution in [0.1, 0.15) is 56.7 Å². The molecule has 2 aromatic rings. The molecule has 2 atom stereocenters. The van der Waals surface area contributed by atoms with Gasteiger partial charge < -0.3 is 5.32 Å². The van der Waals surface area contributed by atoms with Crippen LogP contribution < -0.4 is 5.32 Å². The number of nitrogens with one attached hydrogen (secondary N) is 1. The van der Waals surface area contributed by atoms with Crippen LogP contribution in [0.2, 0.25) is 0 Å². The van der Waals surface area contributed by atoms with Crippen molar-refractivity contribution in [2.75, 3.05) is 0 Å². The maximum Gasteiger partial charge on any atom is 0.164 e. The van der Waals surface area contributed by atoms with Gasteiger partial charge in [-0.25, -0.2) is 0 Å². The third kappa shape index (κ3) is 2.98. The second-order valence-electron chi connectivity index (χ2n) is 10.1. The summed E-state index contributed by atoms with van der Waals surface area (Å²) in [4.78, 5) is 18.0. The summed E-state index contributed by atoms with van der Waals surface area (Å²) in [6.45, 7) is 10.7. The minimum Gasteiger partial charge on any atom is -0.362 e. The first kappa shape index (κ1) is 20.8. The number of aromatic nitrogens is 1. The Labute approximate surface area is 189 Å². The molecule has 32 heavy (non-hydrogen) atoms. The van der Waals surface area contributed by atoms with Gasteiger partial charge in [0.1, 0.15) is 0 Å². The van der Waals surface area contributed by atoms with Crippen LogP contribution in [0.25, 0.3) is 11.1 Å². The Kier molecular flexibility index (Phi) is 4.70. The molecule has 1 aromatic carbocycles. The Hall–Kier alpha value is -3.08. The highest BCUT2D eigenvalue weighted by atomic mass is 16.1. The van der Waals surface area contributed by atoms with Crippen LogP contribution in [0.3, 0.4) is 0 Å². The quantitative estimate of drug-likeness (QED) is 0.661. The molecule has 0 spiro atoms. The highest BCUT2D eigenvalue weighted by Gasteiger charge is 2.52. The number of allylic oxidation sites excluding steroid dienone is 2. The zero-order chi connectivity index (χ0) is 22.7. The van der Waals surface area contributed by atoms with E-state index in [4.69, 9.17) is 0 Å². The molecule has 1 N–H and O–H groups in total. The molecule has 1 aromatic heterocycles. The van der Waals surface area contributed by atoms with Gasteiger partial charge in [-0.15, -0.1) is 0 Å². The fourth-order valence-corrected chi connectivity index (χ4v) is 5.99. The number of ketones is 1. The summed E-state index contributed by atoms with van der Waals surface area (Å²) in [5, 5.41) is 12.3. The average molecular weight is 427 g/mol.